The number of ether oxygens (including phenoxy) is 1. The van der Waals surface area contributed by atoms with Crippen molar-refractivity contribution in [3.8, 4) is 17.0 Å². The van der Waals surface area contributed by atoms with Crippen LogP contribution in [0, 0.1) is 5.92 Å². The molecule has 1 aliphatic carbocycles. The van der Waals surface area contributed by atoms with E-state index in [1.165, 1.54) is 13.2 Å². The standard InChI is InChI=1S/C20H20ClF3N4O3/c1-11(20(22,23)24)31-19-15(12-5-7-14(21)8-6-12)9-16(26-27-19)18(29)25-10-17(28-30-2)13-3-4-13/h5-9,11,13H,3-4,10H2,1-2H3,(H,25,29)/b28-17-/t11-/m0/s1. The van der Waals surface area contributed by atoms with Crippen molar-refractivity contribution < 1.29 is 27.5 Å². The van der Waals surface area contributed by atoms with Crippen molar-refractivity contribution in [2.24, 2.45) is 11.1 Å². The van der Waals surface area contributed by atoms with Gasteiger partial charge in [0.15, 0.2) is 11.8 Å². The van der Waals surface area contributed by atoms with Crippen LogP contribution in [0.2, 0.25) is 5.02 Å². The number of rotatable bonds is 8. The number of halogens is 4. The van der Waals surface area contributed by atoms with Crippen molar-refractivity contribution in [3.63, 3.8) is 0 Å². The van der Waals surface area contributed by atoms with Crippen LogP contribution in [-0.4, -0.2) is 47.8 Å². The highest BCUT2D eigenvalue weighted by atomic mass is 35.5. The van der Waals surface area contributed by atoms with Gasteiger partial charge in [-0.25, -0.2) is 0 Å². The number of alkyl halides is 3. The van der Waals surface area contributed by atoms with E-state index in [4.69, 9.17) is 21.2 Å². The average Bonchev–Trinajstić information content (AvgIpc) is 3.56. The molecule has 166 valence electrons. The van der Waals surface area contributed by atoms with Gasteiger partial charge >= 0.3 is 6.18 Å². The second-order valence-corrected chi connectivity index (χ2v) is 7.42. The minimum atomic E-state index is -4.59. The molecule has 2 aromatic rings. The van der Waals surface area contributed by atoms with Crippen molar-refractivity contribution in [1.82, 2.24) is 15.5 Å². The molecule has 3 rings (SSSR count). The zero-order chi connectivity index (χ0) is 22.6. The van der Waals surface area contributed by atoms with Gasteiger partial charge < -0.3 is 14.9 Å². The van der Waals surface area contributed by atoms with Crippen LogP contribution >= 0.6 is 11.6 Å². The number of hydrogen-bond acceptors (Lipinski definition) is 6. The zero-order valence-corrected chi connectivity index (χ0v) is 17.5. The Balaban J connectivity index is 1.86. The van der Waals surface area contributed by atoms with Crippen LogP contribution in [0.3, 0.4) is 0 Å². The molecule has 1 atom stereocenters. The Morgan fingerprint density at radius 2 is 1.97 bits per heavy atom. The second-order valence-electron chi connectivity index (χ2n) is 6.98. The third-order valence-electron chi connectivity index (χ3n) is 4.58. The van der Waals surface area contributed by atoms with Gasteiger partial charge in [0.1, 0.15) is 7.11 Å². The number of aromatic nitrogens is 2. The number of hydrogen-bond donors (Lipinski definition) is 1. The predicted molar refractivity (Wildman–Crippen MR) is 108 cm³/mol. The molecule has 0 saturated heterocycles. The zero-order valence-electron chi connectivity index (χ0n) is 16.7. The summed E-state index contributed by atoms with van der Waals surface area (Å²) >= 11 is 5.90. The largest absolute Gasteiger partial charge is 0.463 e. The summed E-state index contributed by atoms with van der Waals surface area (Å²) in [6, 6.07) is 7.63. The Morgan fingerprint density at radius 1 is 1.29 bits per heavy atom. The molecule has 0 aliphatic heterocycles. The van der Waals surface area contributed by atoms with E-state index in [1.807, 2.05) is 0 Å². The van der Waals surface area contributed by atoms with E-state index in [1.54, 1.807) is 24.3 Å². The Hall–Kier alpha value is -2.88. The molecular weight excluding hydrogens is 437 g/mol. The highest BCUT2D eigenvalue weighted by Crippen LogP contribution is 2.33. The molecule has 1 heterocycles. The molecule has 1 amide bonds. The van der Waals surface area contributed by atoms with E-state index in [2.05, 4.69) is 20.7 Å². The average molecular weight is 457 g/mol. The molecule has 0 bridgehead atoms. The maximum Gasteiger partial charge on any atom is 0.425 e. The molecule has 0 spiro atoms. The molecular formula is C20H20ClF3N4O3. The SMILES string of the molecule is CO/N=C(/CNC(=O)c1cc(-c2ccc(Cl)cc2)c(O[C@@H](C)C(F)(F)F)nn1)C1CC1. The van der Waals surface area contributed by atoms with Gasteiger partial charge in [-0.2, -0.15) is 13.2 Å². The molecule has 1 aromatic heterocycles. The van der Waals surface area contributed by atoms with E-state index in [0.29, 0.717) is 16.3 Å². The van der Waals surface area contributed by atoms with E-state index < -0.39 is 18.2 Å². The molecule has 11 heteroatoms. The number of carbonyl (C=O) groups excluding carboxylic acids is 1. The number of oxime groups is 1. The molecule has 31 heavy (non-hydrogen) atoms. The molecule has 1 aromatic carbocycles. The van der Waals surface area contributed by atoms with Gasteiger partial charge in [0.25, 0.3) is 5.91 Å². The van der Waals surface area contributed by atoms with Crippen molar-refractivity contribution >= 4 is 23.2 Å². The second kappa shape index (κ2) is 9.51. The Labute approximate surface area is 181 Å². The quantitative estimate of drug-likeness (QED) is 0.473. The lowest BCUT2D eigenvalue weighted by Gasteiger charge is -2.19. The third-order valence-corrected chi connectivity index (χ3v) is 4.84. The minimum Gasteiger partial charge on any atom is -0.463 e. The van der Waals surface area contributed by atoms with E-state index in [9.17, 15) is 18.0 Å². The van der Waals surface area contributed by atoms with Crippen molar-refractivity contribution in [3.05, 3.63) is 41.0 Å². The highest BCUT2D eigenvalue weighted by molar-refractivity contribution is 6.30. The van der Waals surface area contributed by atoms with Crippen LogP contribution in [0.5, 0.6) is 5.88 Å². The first-order valence-corrected chi connectivity index (χ1v) is 9.82. The summed E-state index contributed by atoms with van der Waals surface area (Å²) in [7, 11) is 1.43. The normalized spacial score (nSPS) is 15.4. The summed E-state index contributed by atoms with van der Waals surface area (Å²) in [5.41, 5.74) is 1.28. The first-order chi connectivity index (χ1) is 14.7. The first kappa shape index (κ1) is 22.8. The third kappa shape index (κ3) is 6.06. The lowest BCUT2D eigenvalue weighted by Crippen LogP contribution is -2.32. The predicted octanol–water partition coefficient (Wildman–Crippen LogP) is 4.27. The number of nitrogens with zero attached hydrogens (tertiary/aromatic N) is 3. The van der Waals surface area contributed by atoms with Gasteiger partial charge in [0.05, 0.1) is 12.3 Å². The number of carbonyl (C=O) groups is 1. The van der Waals surface area contributed by atoms with Crippen LogP contribution in [-0.2, 0) is 4.84 Å². The summed E-state index contributed by atoms with van der Waals surface area (Å²) in [6.07, 6.45) is -4.75. The summed E-state index contributed by atoms with van der Waals surface area (Å²) in [5.74, 6) is -0.624. The minimum absolute atomic E-state index is 0.0791. The summed E-state index contributed by atoms with van der Waals surface area (Å²) in [5, 5.41) is 14.5. The Kier molecular flexibility index (Phi) is 6.99. The van der Waals surface area contributed by atoms with Gasteiger partial charge in [0, 0.05) is 16.5 Å². The number of amides is 1. The van der Waals surface area contributed by atoms with E-state index >= 15 is 0 Å². The monoisotopic (exact) mass is 456 g/mol. The first-order valence-electron chi connectivity index (χ1n) is 9.44. The fourth-order valence-electron chi connectivity index (χ4n) is 2.70. The molecule has 7 nitrogen and oxygen atoms in total. The van der Waals surface area contributed by atoms with Gasteiger partial charge in [-0.1, -0.05) is 28.9 Å². The Morgan fingerprint density at radius 3 is 2.55 bits per heavy atom. The number of benzene rings is 1. The maximum absolute atomic E-state index is 13.0. The Bertz CT molecular complexity index is 963. The lowest BCUT2D eigenvalue weighted by molar-refractivity contribution is -0.189. The fourth-order valence-corrected chi connectivity index (χ4v) is 2.82. The highest BCUT2D eigenvalue weighted by Gasteiger charge is 2.39. The van der Waals surface area contributed by atoms with E-state index in [-0.39, 0.29) is 29.6 Å². The van der Waals surface area contributed by atoms with Crippen LogP contribution in [0.15, 0.2) is 35.5 Å². The van der Waals surface area contributed by atoms with Gasteiger partial charge in [-0.05, 0) is 43.5 Å². The van der Waals surface area contributed by atoms with Crippen molar-refractivity contribution in [1.29, 1.82) is 0 Å². The fraction of sp³-hybridized carbons (Fsp3) is 0.400. The lowest BCUT2D eigenvalue weighted by atomic mass is 10.1. The van der Waals surface area contributed by atoms with Gasteiger partial charge in [-0.3, -0.25) is 4.79 Å². The van der Waals surface area contributed by atoms with Crippen LogP contribution in [0.4, 0.5) is 13.2 Å². The summed E-state index contributed by atoms with van der Waals surface area (Å²) < 4.78 is 43.9. The topological polar surface area (TPSA) is 85.7 Å². The van der Waals surface area contributed by atoms with Crippen molar-refractivity contribution in [2.75, 3.05) is 13.7 Å². The summed E-state index contributed by atoms with van der Waals surface area (Å²) in [6.45, 7) is 1.03. The maximum atomic E-state index is 13.0. The summed E-state index contributed by atoms with van der Waals surface area (Å²) in [4.78, 5) is 17.4. The molecule has 1 N–H and O–H groups in total. The molecule has 1 saturated carbocycles. The molecule has 0 radical (unpaired) electrons. The molecule has 1 fully saturated rings. The molecule has 0 unspecified atom stereocenters. The van der Waals surface area contributed by atoms with Crippen LogP contribution in [0.1, 0.15) is 30.3 Å². The smallest absolute Gasteiger partial charge is 0.425 e. The van der Waals surface area contributed by atoms with Gasteiger partial charge in [0.2, 0.25) is 5.88 Å². The van der Waals surface area contributed by atoms with Crippen LogP contribution in [0.25, 0.3) is 11.1 Å². The van der Waals surface area contributed by atoms with Crippen LogP contribution < -0.4 is 10.1 Å². The number of nitrogens with one attached hydrogen (secondary N) is 1. The molecule has 1 aliphatic rings. The van der Waals surface area contributed by atoms with E-state index in [0.717, 1.165) is 19.8 Å². The van der Waals surface area contributed by atoms with Gasteiger partial charge in [-0.15, -0.1) is 10.2 Å². The van der Waals surface area contributed by atoms with Crippen molar-refractivity contribution in [2.45, 2.75) is 32.0 Å².